The SMILES string of the molecule is COc1ccc(Br)cc1CC(=O)Cc1ccc(Cl)cc1. The number of hydrogen-bond donors (Lipinski definition) is 0. The van der Waals surface area contributed by atoms with Gasteiger partial charge in [-0.1, -0.05) is 39.7 Å². The minimum atomic E-state index is 0.142. The predicted molar refractivity (Wildman–Crippen MR) is 84.6 cm³/mol. The van der Waals surface area contributed by atoms with E-state index in [1.807, 2.05) is 30.3 Å². The molecule has 2 rings (SSSR count). The molecule has 0 N–H and O–H groups in total. The smallest absolute Gasteiger partial charge is 0.141 e. The van der Waals surface area contributed by atoms with E-state index in [0.29, 0.717) is 17.9 Å². The van der Waals surface area contributed by atoms with Crippen LogP contribution in [0.15, 0.2) is 46.9 Å². The number of rotatable bonds is 5. The van der Waals surface area contributed by atoms with Gasteiger partial charge in [0, 0.05) is 27.9 Å². The quantitative estimate of drug-likeness (QED) is 0.793. The van der Waals surface area contributed by atoms with Gasteiger partial charge in [-0.25, -0.2) is 0 Å². The van der Waals surface area contributed by atoms with E-state index in [0.717, 1.165) is 21.3 Å². The molecule has 4 heteroatoms. The van der Waals surface area contributed by atoms with Crippen molar-refractivity contribution in [3.8, 4) is 5.75 Å². The number of carbonyl (C=O) groups excluding carboxylic acids is 1. The largest absolute Gasteiger partial charge is 0.496 e. The average molecular weight is 354 g/mol. The first-order valence-electron chi connectivity index (χ1n) is 6.17. The minimum Gasteiger partial charge on any atom is -0.496 e. The highest BCUT2D eigenvalue weighted by Crippen LogP contribution is 2.24. The molecule has 0 atom stereocenters. The van der Waals surface area contributed by atoms with E-state index in [2.05, 4.69) is 15.9 Å². The summed E-state index contributed by atoms with van der Waals surface area (Å²) in [6, 6.07) is 13.0. The Labute approximate surface area is 131 Å². The molecule has 0 bridgehead atoms. The summed E-state index contributed by atoms with van der Waals surface area (Å²) in [5, 5.41) is 0.676. The number of ketones is 1. The lowest BCUT2D eigenvalue weighted by Gasteiger charge is -2.08. The van der Waals surface area contributed by atoms with Crippen molar-refractivity contribution < 1.29 is 9.53 Å². The van der Waals surface area contributed by atoms with Crippen LogP contribution in [0.25, 0.3) is 0 Å². The Morgan fingerprint density at radius 2 is 1.85 bits per heavy atom. The normalized spacial score (nSPS) is 10.3. The molecule has 0 saturated heterocycles. The number of halogens is 2. The molecule has 0 amide bonds. The first kappa shape index (κ1) is 15.1. The van der Waals surface area contributed by atoms with E-state index < -0.39 is 0 Å². The lowest BCUT2D eigenvalue weighted by molar-refractivity contribution is -0.117. The fraction of sp³-hybridized carbons (Fsp3) is 0.188. The van der Waals surface area contributed by atoms with Gasteiger partial charge in [0.25, 0.3) is 0 Å². The number of benzene rings is 2. The van der Waals surface area contributed by atoms with Gasteiger partial charge < -0.3 is 4.74 Å². The maximum absolute atomic E-state index is 12.1. The van der Waals surface area contributed by atoms with E-state index in [-0.39, 0.29) is 5.78 Å². The van der Waals surface area contributed by atoms with Gasteiger partial charge in [-0.2, -0.15) is 0 Å². The van der Waals surface area contributed by atoms with Gasteiger partial charge in [0.15, 0.2) is 0 Å². The van der Waals surface area contributed by atoms with Crippen LogP contribution in [0, 0.1) is 0 Å². The van der Waals surface area contributed by atoms with Crippen molar-refractivity contribution in [3.63, 3.8) is 0 Å². The predicted octanol–water partition coefficient (Wildman–Crippen LogP) is 4.47. The molecule has 20 heavy (non-hydrogen) atoms. The number of methoxy groups -OCH3 is 1. The molecule has 0 radical (unpaired) electrons. The number of Topliss-reactive ketones (excluding diaryl/α,β-unsaturated/α-hetero) is 1. The summed E-state index contributed by atoms with van der Waals surface area (Å²) in [5.41, 5.74) is 1.86. The van der Waals surface area contributed by atoms with Gasteiger partial charge in [0.1, 0.15) is 11.5 Å². The van der Waals surface area contributed by atoms with Crippen LogP contribution < -0.4 is 4.74 Å². The van der Waals surface area contributed by atoms with Gasteiger partial charge in [-0.15, -0.1) is 0 Å². The molecule has 0 heterocycles. The number of hydrogen-bond acceptors (Lipinski definition) is 2. The molecular weight excluding hydrogens is 340 g/mol. The highest BCUT2D eigenvalue weighted by molar-refractivity contribution is 9.10. The van der Waals surface area contributed by atoms with E-state index in [4.69, 9.17) is 16.3 Å². The van der Waals surface area contributed by atoms with Gasteiger partial charge in [0.05, 0.1) is 7.11 Å². The molecule has 0 aromatic heterocycles. The highest BCUT2D eigenvalue weighted by atomic mass is 79.9. The van der Waals surface area contributed by atoms with Crippen molar-refractivity contribution in [1.82, 2.24) is 0 Å². The molecule has 0 fully saturated rings. The Kier molecular flexibility index (Phi) is 5.21. The zero-order chi connectivity index (χ0) is 14.5. The summed E-state index contributed by atoms with van der Waals surface area (Å²) in [7, 11) is 1.61. The summed E-state index contributed by atoms with van der Waals surface area (Å²) in [6.07, 6.45) is 0.748. The third kappa shape index (κ3) is 4.09. The molecule has 0 aliphatic rings. The zero-order valence-electron chi connectivity index (χ0n) is 11.0. The van der Waals surface area contributed by atoms with Gasteiger partial charge in [-0.05, 0) is 35.9 Å². The molecule has 0 saturated carbocycles. The van der Waals surface area contributed by atoms with Gasteiger partial charge >= 0.3 is 0 Å². The summed E-state index contributed by atoms with van der Waals surface area (Å²) in [6.45, 7) is 0. The fourth-order valence-electron chi connectivity index (χ4n) is 1.99. The highest BCUT2D eigenvalue weighted by Gasteiger charge is 2.10. The Hall–Kier alpha value is -1.32. The van der Waals surface area contributed by atoms with E-state index in [9.17, 15) is 4.79 Å². The standard InChI is InChI=1S/C16H14BrClO2/c1-20-16-7-4-13(17)9-12(16)10-15(19)8-11-2-5-14(18)6-3-11/h2-7,9H,8,10H2,1H3. The van der Waals surface area contributed by atoms with Crippen molar-refractivity contribution in [2.45, 2.75) is 12.8 Å². The van der Waals surface area contributed by atoms with Crippen LogP contribution in [0.4, 0.5) is 0 Å². The third-order valence-electron chi connectivity index (χ3n) is 2.94. The molecule has 0 aliphatic heterocycles. The molecule has 0 unspecified atom stereocenters. The maximum atomic E-state index is 12.1. The molecule has 0 aliphatic carbocycles. The third-order valence-corrected chi connectivity index (χ3v) is 3.69. The first-order chi connectivity index (χ1) is 9.58. The van der Waals surface area contributed by atoms with Crippen LogP contribution in [-0.4, -0.2) is 12.9 Å². The number of carbonyl (C=O) groups is 1. The van der Waals surface area contributed by atoms with Crippen molar-refractivity contribution in [2.75, 3.05) is 7.11 Å². The van der Waals surface area contributed by atoms with Crippen molar-refractivity contribution in [1.29, 1.82) is 0 Å². The van der Waals surface area contributed by atoms with E-state index in [1.165, 1.54) is 0 Å². The molecular formula is C16H14BrClO2. The molecule has 2 aromatic rings. The van der Waals surface area contributed by atoms with Crippen LogP contribution in [0.2, 0.25) is 5.02 Å². The van der Waals surface area contributed by atoms with Crippen LogP contribution in [0.3, 0.4) is 0 Å². The monoisotopic (exact) mass is 352 g/mol. The summed E-state index contributed by atoms with van der Waals surface area (Å²) < 4.78 is 6.21. The second kappa shape index (κ2) is 6.91. The second-order valence-corrected chi connectivity index (χ2v) is 5.83. The molecule has 2 nitrogen and oxygen atoms in total. The summed E-state index contributed by atoms with van der Waals surface area (Å²) in [4.78, 5) is 12.1. The van der Waals surface area contributed by atoms with Crippen LogP contribution in [-0.2, 0) is 17.6 Å². The lowest BCUT2D eigenvalue weighted by atomic mass is 10.0. The Morgan fingerprint density at radius 1 is 1.15 bits per heavy atom. The topological polar surface area (TPSA) is 26.3 Å². The Morgan fingerprint density at radius 3 is 2.50 bits per heavy atom. The fourth-order valence-corrected chi connectivity index (χ4v) is 2.52. The Bertz CT molecular complexity index is 608. The summed E-state index contributed by atoms with van der Waals surface area (Å²) >= 11 is 9.24. The van der Waals surface area contributed by atoms with E-state index >= 15 is 0 Å². The zero-order valence-corrected chi connectivity index (χ0v) is 13.4. The van der Waals surface area contributed by atoms with Crippen molar-refractivity contribution in [3.05, 3.63) is 63.1 Å². The lowest BCUT2D eigenvalue weighted by Crippen LogP contribution is -2.07. The number of ether oxygens (including phenoxy) is 1. The van der Waals surface area contributed by atoms with Crippen molar-refractivity contribution in [2.24, 2.45) is 0 Å². The van der Waals surface area contributed by atoms with Crippen molar-refractivity contribution >= 4 is 33.3 Å². The molecule has 2 aromatic carbocycles. The molecule has 104 valence electrons. The van der Waals surface area contributed by atoms with Crippen LogP contribution >= 0.6 is 27.5 Å². The van der Waals surface area contributed by atoms with Crippen LogP contribution in [0.5, 0.6) is 5.75 Å². The van der Waals surface area contributed by atoms with Gasteiger partial charge in [0.2, 0.25) is 0 Å². The first-order valence-corrected chi connectivity index (χ1v) is 7.34. The molecule has 0 spiro atoms. The average Bonchev–Trinajstić information content (AvgIpc) is 2.41. The van der Waals surface area contributed by atoms with Crippen LogP contribution in [0.1, 0.15) is 11.1 Å². The Balaban J connectivity index is 2.08. The minimum absolute atomic E-state index is 0.142. The second-order valence-electron chi connectivity index (χ2n) is 4.47. The maximum Gasteiger partial charge on any atom is 0.141 e. The van der Waals surface area contributed by atoms with E-state index in [1.54, 1.807) is 19.2 Å². The van der Waals surface area contributed by atoms with Gasteiger partial charge in [-0.3, -0.25) is 4.79 Å². The summed E-state index contributed by atoms with van der Waals surface area (Å²) in [5.74, 6) is 0.876.